The van der Waals surface area contributed by atoms with Gasteiger partial charge in [-0.25, -0.2) is 4.39 Å². The molecule has 0 spiro atoms. The molecule has 0 bridgehead atoms. The predicted octanol–water partition coefficient (Wildman–Crippen LogP) is 2.31. The summed E-state index contributed by atoms with van der Waals surface area (Å²) in [5.41, 5.74) is 0.639. The van der Waals surface area contributed by atoms with Crippen molar-refractivity contribution in [2.24, 2.45) is 0 Å². The molecule has 1 aromatic rings. The first-order valence-corrected chi connectivity index (χ1v) is 4.75. The fourth-order valence-corrected chi connectivity index (χ4v) is 1.03. The molecule has 0 saturated carbocycles. The number of aldehydes is 1. The van der Waals surface area contributed by atoms with Gasteiger partial charge in [-0.15, -0.1) is 0 Å². The third-order valence-electron chi connectivity index (χ3n) is 1.59. The second-order valence-corrected chi connectivity index (χ2v) is 3.08. The zero-order valence-corrected chi connectivity index (χ0v) is 8.35. The summed E-state index contributed by atoms with van der Waals surface area (Å²) in [6.07, 6.45) is 1.23. The second kappa shape index (κ2) is 5.46. The molecular weight excluding hydrogens is 199 g/mol. The average molecular weight is 208 g/mol. The Morgan fingerprint density at radius 2 is 2.29 bits per heavy atom. The second-order valence-electron chi connectivity index (χ2n) is 2.63. The normalized spacial score (nSPS) is 9.00. The van der Waals surface area contributed by atoms with Gasteiger partial charge < -0.3 is 0 Å². The maximum absolute atomic E-state index is 13.2. The highest BCUT2D eigenvalue weighted by Gasteiger charge is 1.99. The number of benzene rings is 1. The molecule has 0 aliphatic heterocycles. The minimum absolute atomic E-state index is 0.317. The number of thiol groups is 1. The van der Waals surface area contributed by atoms with Crippen molar-refractivity contribution in [2.45, 2.75) is 6.42 Å². The lowest BCUT2D eigenvalue weighted by Crippen LogP contribution is -1.87. The molecule has 0 aromatic heterocycles. The van der Waals surface area contributed by atoms with Gasteiger partial charge in [0.1, 0.15) is 12.1 Å². The van der Waals surface area contributed by atoms with E-state index < -0.39 is 5.82 Å². The number of rotatable bonds is 2. The molecule has 0 radical (unpaired) electrons. The van der Waals surface area contributed by atoms with Crippen molar-refractivity contribution in [1.29, 1.82) is 0 Å². The van der Waals surface area contributed by atoms with E-state index in [1.54, 1.807) is 6.07 Å². The molecule has 0 amide bonds. The molecule has 0 aliphatic carbocycles. The molecule has 0 fully saturated rings. The van der Waals surface area contributed by atoms with Gasteiger partial charge in [0.25, 0.3) is 0 Å². The summed E-state index contributed by atoms with van der Waals surface area (Å²) < 4.78 is 13.2. The molecular formula is C11H9FOS. The SMILES string of the molecule is O=Cc1ccc(C#CCCS)c(F)c1. The summed E-state index contributed by atoms with van der Waals surface area (Å²) in [6, 6.07) is 4.23. The van der Waals surface area contributed by atoms with Crippen molar-refractivity contribution in [2.75, 3.05) is 5.75 Å². The first-order chi connectivity index (χ1) is 6.77. The third kappa shape index (κ3) is 2.90. The van der Waals surface area contributed by atoms with Crippen LogP contribution in [0.25, 0.3) is 0 Å². The fourth-order valence-electron chi connectivity index (χ4n) is 0.920. The molecule has 3 heteroatoms. The van der Waals surface area contributed by atoms with Gasteiger partial charge in [0.15, 0.2) is 0 Å². The molecule has 0 saturated heterocycles. The molecule has 1 rings (SSSR count). The Morgan fingerprint density at radius 1 is 1.50 bits per heavy atom. The van der Waals surface area contributed by atoms with Crippen molar-refractivity contribution in [3.05, 3.63) is 35.1 Å². The van der Waals surface area contributed by atoms with E-state index in [4.69, 9.17) is 0 Å². The van der Waals surface area contributed by atoms with Gasteiger partial charge in [-0.3, -0.25) is 4.79 Å². The highest BCUT2D eigenvalue weighted by molar-refractivity contribution is 7.80. The van der Waals surface area contributed by atoms with E-state index in [9.17, 15) is 9.18 Å². The quantitative estimate of drug-likeness (QED) is 0.448. The lowest BCUT2D eigenvalue weighted by molar-refractivity contribution is 0.112. The van der Waals surface area contributed by atoms with E-state index in [2.05, 4.69) is 24.5 Å². The van der Waals surface area contributed by atoms with Crippen molar-refractivity contribution >= 4 is 18.9 Å². The summed E-state index contributed by atoms with van der Waals surface area (Å²) in [4.78, 5) is 10.3. The Labute approximate surface area is 87.7 Å². The topological polar surface area (TPSA) is 17.1 Å². The van der Waals surface area contributed by atoms with Gasteiger partial charge in [0.05, 0.1) is 5.56 Å². The molecule has 72 valence electrons. The Hall–Kier alpha value is -1.27. The lowest BCUT2D eigenvalue weighted by atomic mass is 10.1. The highest BCUT2D eigenvalue weighted by atomic mass is 32.1. The van der Waals surface area contributed by atoms with Gasteiger partial charge in [0, 0.05) is 17.7 Å². The molecule has 0 unspecified atom stereocenters. The van der Waals surface area contributed by atoms with Crippen LogP contribution in [0.15, 0.2) is 18.2 Å². The van der Waals surface area contributed by atoms with Crippen LogP contribution in [0.5, 0.6) is 0 Å². The molecule has 1 aromatic carbocycles. The molecule has 0 aliphatic rings. The van der Waals surface area contributed by atoms with Gasteiger partial charge in [-0.1, -0.05) is 17.9 Å². The molecule has 14 heavy (non-hydrogen) atoms. The largest absolute Gasteiger partial charge is 0.298 e. The summed E-state index contributed by atoms with van der Waals surface area (Å²) in [6.45, 7) is 0. The van der Waals surface area contributed by atoms with Crippen LogP contribution >= 0.6 is 12.6 Å². The van der Waals surface area contributed by atoms with Gasteiger partial charge >= 0.3 is 0 Å². The van der Waals surface area contributed by atoms with E-state index in [1.807, 2.05) is 0 Å². The van der Waals surface area contributed by atoms with E-state index >= 15 is 0 Å². The first kappa shape index (κ1) is 10.8. The minimum atomic E-state index is -0.457. The first-order valence-electron chi connectivity index (χ1n) is 4.12. The Balaban J connectivity index is 2.90. The molecule has 0 N–H and O–H groups in total. The minimum Gasteiger partial charge on any atom is -0.298 e. The summed E-state index contributed by atoms with van der Waals surface area (Å²) in [7, 11) is 0. The zero-order chi connectivity index (χ0) is 10.4. The average Bonchev–Trinajstić information content (AvgIpc) is 2.20. The van der Waals surface area contributed by atoms with Gasteiger partial charge in [0.2, 0.25) is 0 Å². The number of halogens is 1. The van der Waals surface area contributed by atoms with E-state index in [-0.39, 0.29) is 0 Å². The Kier molecular flexibility index (Phi) is 4.21. The van der Waals surface area contributed by atoms with Crippen LogP contribution in [0.3, 0.4) is 0 Å². The molecule has 0 atom stereocenters. The number of hydrogen-bond acceptors (Lipinski definition) is 2. The van der Waals surface area contributed by atoms with Gasteiger partial charge in [-0.2, -0.15) is 12.6 Å². The van der Waals surface area contributed by atoms with Crippen LogP contribution in [-0.4, -0.2) is 12.0 Å². The maximum Gasteiger partial charge on any atom is 0.150 e. The van der Waals surface area contributed by atoms with E-state index in [0.717, 1.165) is 0 Å². The van der Waals surface area contributed by atoms with Gasteiger partial charge in [-0.05, 0) is 12.1 Å². The standard InChI is InChI=1S/C11H9FOS/c12-11-7-9(8-13)4-5-10(11)3-1-2-6-14/h4-5,7-8,14H,2,6H2. The van der Waals surface area contributed by atoms with Crippen LogP contribution in [0, 0.1) is 17.7 Å². The number of hydrogen-bond donors (Lipinski definition) is 1. The summed E-state index contributed by atoms with van der Waals surface area (Å²) in [5.74, 6) is 5.65. The number of carbonyl (C=O) groups is 1. The lowest BCUT2D eigenvalue weighted by Gasteiger charge is -1.94. The van der Waals surface area contributed by atoms with Crippen LogP contribution in [0.4, 0.5) is 4.39 Å². The fraction of sp³-hybridized carbons (Fsp3) is 0.182. The Bertz CT molecular complexity index is 390. The predicted molar refractivity (Wildman–Crippen MR) is 57.1 cm³/mol. The van der Waals surface area contributed by atoms with Crippen molar-refractivity contribution in [1.82, 2.24) is 0 Å². The van der Waals surface area contributed by atoms with Crippen LogP contribution < -0.4 is 0 Å². The molecule has 1 nitrogen and oxygen atoms in total. The Morgan fingerprint density at radius 3 is 2.86 bits per heavy atom. The van der Waals surface area contributed by atoms with E-state index in [1.165, 1.54) is 12.1 Å². The van der Waals surface area contributed by atoms with Crippen molar-refractivity contribution in [3.63, 3.8) is 0 Å². The summed E-state index contributed by atoms with van der Waals surface area (Å²) >= 11 is 3.98. The monoisotopic (exact) mass is 208 g/mol. The van der Waals surface area contributed by atoms with Crippen LogP contribution in [-0.2, 0) is 0 Å². The smallest absolute Gasteiger partial charge is 0.150 e. The van der Waals surface area contributed by atoms with Crippen LogP contribution in [0.1, 0.15) is 22.3 Å². The maximum atomic E-state index is 13.2. The number of carbonyl (C=O) groups excluding carboxylic acids is 1. The molecule has 0 heterocycles. The van der Waals surface area contributed by atoms with Crippen molar-refractivity contribution in [3.8, 4) is 11.8 Å². The highest BCUT2D eigenvalue weighted by Crippen LogP contribution is 2.07. The third-order valence-corrected chi connectivity index (χ3v) is 1.81. The zero-order valence-electron chi connectivity index (χ0n) is 7.46. The summed E-state index contributed by atoms with van der Waals surface area (Å²) in [5, 5.41) is 0. The van der Waals surface area contributed by atoms with E-state index in [0.29, 0.717) is 29.6 Å². The van der Waals surface area contributed by atoms with Crippen LogP contribution in [0.2, 0.25) is 0 Å². The van der Waals surface area contributed by atoms with Crippen molar-refractivity contribution < 1.29 is 9.18 Å².